The molecule has 0 spiro atoms. The lowest BCUT2D eigenvalue weighted by Crippen LogP contribution is -2.54. The molecule has 4 aromatic rings. The maximum atomic E-state index is 14.5. The van der Waals surface area contributed by atoms with Crippen molar-refractivity contribution in [2.45, 2.75) is 24.7 Å². The second-order valence-corrected chi connectivity index (χ2v) is 10.8. The Balaban J connectivity index is 1.35. The minimum Gasteiger partial charge on any atom is -0.494 e. The second kappa shape index (κ2) is 10.1. The average Bonchev–Trinajstić information content (AvgIpc) is 3.31. The maximum Gasteiger partial charge on any atom is 0.272 e. The zero-order valence-electron chi connectivity index (χ0n) is 22.9. The molecule has 2 bridgehead atoms. The fourth-order valence-electron chi connectivity index (χ4n) is 6.97. The molecule has 208 valence electrons. The number of carbonyl (C=O) groups is 3. The Morgan fingerprint density at radius 2 is 1.64 bits per heavy atom. The van der Waals surface area contributed by atoms with E-state index in [9.17, 15) is 14.4 Å². The molecule has 3 aromatic carbocycles. The first-order valence-electron chi connectivity index (χ1n) is 14.1. The molecule has 1 aromatic heterocycles. The number of pyridine rings is 1. The van der Waals surface area contributed by atoms with Gasteiger partial charge in [-0.05, 0) is 65.1 Å². The van der Waals surface area contributed by atoms with Crippen LogP contribution in [0.25, 0.3) is 0 Å². The number of ether oxygens (including phenoxy) is 1. The smallest absolute Gasteiger partial charge is 0.272 e. The highest BCUT2D eigenvalue weighted by Gasteiger charge is 2.68. The summed E-state index contributed by atoms with van der Waals surface area (Å²) in [5.41, 5.74) is 6.25. The van der Waals surface area contributed by atoms with Gasteiger partial charge in [0.1, 0.15) is 5.75 Å². The lowest BCUT2D eigenvalue weighted by molar-refractivity contribution is -0.122. The van der Waals surface area contributed by atoms with Crippen LogP contribution in [0.1, 0.15) is 51.9 Å². The summed E-state index contributed by atoms with van der Waals surface area (Å²) in [6.45, 7) is 2.62. The zero-order chi connectivity index (χ0) is 28.8. The molecule has 42 heavy (non-hydrogen) atoms. The van der Waals surface area contributed by atoms with Crippen LogP contribution in [0.2, 0.25) is 0 Å². The molecule has 1 N–H and O–H groups in total. The Hall–Kier alpha value is -5.11. The Labute approximate surface area is 243 Å². The van der Waals surface area contributed by atoms with Gasteiger partial charge in [0.2, 0.25) is 11.8 Å². The summed E-state index contributed by atoms with van der Waals surface area (Å²) in [5.74, 6) is -1.90. The molecular formula is C34H28N4O4. The highest BCUT2D eigenvalue weighted by atomic mass is 16.5. The van der Waals surface area contributed by atoms with E-state index < -0.39 is 23.2 Å². The molecule has 8 rings (SSSR count). The molecule has 0 saturated carbocycles. The van der Waals surface area contributed by atoms with Crippen molar-refractivity contribution in [3.8, 4) is 5.75 Å². The molecule has 8 nitrogen and oxygen atoms in total. The third-order valence-corrected chi connectivity index (χ3v) is 8.61. The maximum absolute atomic E-state index is 14.5. The van der Waals surface area contributed by atoms with Crippen molar-refractivity contribution in [2.75, 3.05) is 11.5 Å². The van der Waals surface area contributed by atoms with E-state index in [0.29, 0.717) is 23.6 Å². The van der Waals surface area contributed by atoms with Crippen LogP contribution in [-0.4, -0.2) is 35.5 Å². The number of rotatable bonds is 7. The number of hydrogen-bond acceptors (Lipinski definition) is 6. The van der Waals surface area contributed by atoms with Crippen molar-refractivity contribution >= 4 is 29.6 Å². The summed E-state index contributed by atoms with van der Waals surface area (Å²) in [5, 5.41) is 4.44. The first kappa shape index (κ1) is 25.8. The van der Waals surface area contributed by atoms with Crippen molar-refractivity contribution in [3.63, 3.8) is 0 Å². The van der Waals surface area contributed by atoms with E-state index in [1.165, 1.54) is 11.1 Å². The molecule has 3 amide bonds. The SMILES string of the molecule is CCCOc1ccc(N2C(=O)C3C4c5ccccc5C(/C=N/NC(=O)c5cccnc5)(c5ccccc54)C3C2=O)cc1. The van der Waals surface area contributed by atoms with E-state index in [1.54, 1.807) is 48.8 Å². The number of nitrogens with one attached hydrogen (secondary N) is 1. The van der Waals surface area contributed by atoms with E-state index >= 15 is 0 Å². The quantitative estimate of drug-likeness (QED) is 0.200. The summed E-state index contributed by atoms with van der Waals surface area (Å²) in [6, 6.07) is 26.3. The lowest BCUT2D eigenvalue weighted by atomic mass is 9.47. The molecule has 8 heteroatoms. The summed E-state index contributed by atoms with van der Waals surface area (Å²) in [6.07, 6.45) is 5.59. The van der Waals surface area contributed by atoms with Crippen LogP contribution in [0, 0.1) is 11.8 Å². The summed E-state index contributed by atoms with van der Waals surface area (Å²) >= 11 is 0. The van der Waals surface area contributed by atoms with Crippen LogP contribution in [0.5, 0.6) is 5.75 Å². The van der Waals surface area contributed by atoms with Gasteiger partial charge in [-0.2, -0.15) is 5.10 Å². The molecule has 3 aliphatic carbocycles. The molecular weight excluding hydrogens is 528 g/mol. The number of hydrazone groups is 1. The third-order valence-electron chi connectivity index (χ3n) is 8.61. The van der Waals surface area contributed by atoms with E-state index in [2.05, 4.69) is 15.5 Å². The first-order valence-corrected chi connectivity index (χ1v) is 14.1. The largest absolute Gasteiger partial charge is 0.494 e. The predicted octanol–water partition coefficient (Wildman–Crippen LogP) is 4.84. The van der Waals surface area contributed by atoms with Gasteiger partial charge in [-0.3, -0.25) is 19.4 Å². The predicted molar refractivity (Wildman–Crippen MR) is 157 cm³/mol. The van der Waals surface area contributed by atoms with E-state index in [4.69, 9.17) is 4.74 Å². The molecule has 2 heterocycles. The van der Waals surface area contributed by atoms with Gasteiger partial charge in [0.05, 0.1) is 35.1 Å². The van der Waals surface area contributed by atoms with E-state index in [1.807, 2.05) is 55.5 Å². The first-order chi connectivity index (χ1) is 20.6. The topological polar surface area (TPSA) is 101 Å². The standard InChI is InChI=1S/C34H28N4O4/c1-2-18-42-23-15-13-22(14-16-23)38-32(40)29-28-24-9-3-5-11-26(24)34(30(29)33(38)41,27-12-6-4-10-25(27)28)20-36-37-31(39)21-8-7-17-35-19-21/h3-17,19-20,28-30H,2,18H2,1H3,(H,37,39)/b36-20+. The third kappa shape index (κ3) is 3.71. The van der Waals surface area contributed by atoms with Gasteiger partial charge in [-0.25, -0.2) is 10.3 Å². The number of benzene rings is 3. The Bertz CT molecular complexity index is 1690. The highest BCUT2D eigenvalue weighted by molar-refractivity contribution is 6.25. The molecule has 4 aliphatic rings. The van der Waals surface area contributed by atoms with Crippen LogP contribution < -0.4 is 15.1 Å². The lowest BCUT2D eigenvalue weighted by Gasteiger charge is -2.52. The minimum atomic E-state index is -1.07. The van der Waals surface area contributed by atoms with E-state index in [0.717, 1.165) is 28.7 Å². The van der Waals surface area contributed by atoms with Crippen molar-refractivity contribution < 1.29 is 19.1 Å². The highest BCUT2D eigenvalue weighted by Crippen LogP contribution is 2.63. The summed E-state index contributed by atoms with van der Waals surface area (Å²) in [7, 11) is 0. The number of carbonyl (C=O) groups excluding carboxylic acids is 3. The molecule has 1 fully saturated rings. The number of aromatic nitrogens is 1. The Morgan fingerprint density at radius 3 is 2.29 bits per heavy atom. The fourth-order valence-corrected chi connectivity index (χ4v) is 6.97. The van der Waals surface area contributed by atoms with Gasteiger partial charge in [0.25, 0.3) is 5.91 Å². The molecule has 0 radical (unpaired) electrons. The van der Waals surface area contributed by atoms with Crippen LogP contribution in [0.4, 0.5) is 5.69 Å². The molecule has 1 saturated heterocycles. The van der Waals surface area contributed by atoms with Gasteiger partial charge in [-0.1, -0.05) is 55.5 Å². The van der Waals surface area contributed by atoms with Gasteiger partial charge >= 0.3 is 0 Å². The number of amides is 3. The van der Waals surface area contributed by atoms with Gasteiger partial charge in [0, 0.05) is 24.5 Å². The second-order valence-electron chi connectivity index (χ2n) is 10.8. The number of nitrogens with zero attached hydrogens (tertiary/aromatic N) is 3. The molecule has 1 aliphatic heterocycles. The minimum absolute atomic E-state index is 0.238. The van der Waals surface area contributed by atoms with Crippen LogP contribution >= 0.6 is 0 Å². The monoisotopic (exact) mass is 556 g/mol. The van der Waals surface area contributed by atoms with Crippen molar-refractivity contribution in [1.82, 2.24) is 10.4 Å². The molecule has 2 atom stereocenters. The Morgan fingerprint density at radius 1 is 0.952 bits per heavy atom. The summed E-state index contributed by atoms with van der Waals surface area (Å²) in [4.78, 5) is 46.9. The molecule has 2 unspecified atom stereocenters. The van der Waals surface area contributed by atoms with E-state index in [-0.39, 0.29) is 17.7 Å². The van der Waals surface area contributed by atoms with Crippen molar-refractivity contribution in [3.05, 3.63) is 125 Å². The number of hydrogen-bond donors (Lipinski definition) is 1. The van der Waals surface area contributed by atoms with Crippen LogP contribution in [-0.2, 0) is 15.0 Å². The van der Waals surface area contributed by atoms with Crippen LogP contribution in [0.15, 0.2) is 102 Å². The number of imide groups is 1. The van der Waals surface area contributed by atoms with Crippen molar-refractivity contribution in [1.29, 1.82) is 0 Å². The average molecular weight is 557 g/mol. The Kier molecular flexibility index (Phi) is 6.19. The zero-order valence-corrected chi connectivity index (χ0v) is 22.9. The van der Waals surface area contributed by atoms with Gasteiger partial charge in [0.15, 0.2) is 0 Å². The summed E-state index contributed by atoms with van der Waals surface area (Å²) < 4.78 is 5.72. The number of anilines is 1. The fraction of sp³-hybridized carbons (Fsp3) is 0.206. The van der Waals surface area contributed by atoms with Gasteiger partial charge < -0.3 is 4.74 Å². The van der Waals surface area contributed by atoms with Crippen LogP contribution in [0.3, 0.4) is 0 Å². The van der Waals surface area contributed by atoms with Gasteiger partial charge in [-0.15, -0.1) is 0 Å². The normalized spacial score (nSPS) is 23.5. The van der Waals surface area contributed by atoms with Crippen molar-refractivity contribution in [2.24, 2.45) is 16.9 Å².